The molecule has 0 spiro atoms. The third-order valence-corrected chi connectivity index (χ3v) is 4.36. The molecule has 1 aromatic rings. The van der Waals surface area contributed by atoms with E-state index in [1.54, 1.807) is 13.0 Å². The fourth-order valence-electron chi connectivity index (χ4n) is 2.71. The number of anilines is 2. The smallest absolute Gasteiger partial charge is 0.340 e. The van der Waals surface area contributed by atoms with Crippen LogP contribution in [0, 0.1) is 5.41 Å². The van der Waals surface area contributed by atoms with Crippen LogP contribution in [0.3, 0.4) is 0 Å². The van der Waals surface area contributed by atoms with Gasteiger partial charge in [-0.15, -0.1) is 0 Å². The van der Waals surface area contributed by atoms with E-state index >= 15 is 0 Å². The first-order valence-corrected chi connectivity index (χ1v) is 7.41. The van der Waals surface area contributed by atoms with Crippen molar-refractivity contribution in [3.8, 4) is 0 Å². The zero-order valence-corrected chi connectivity index (χ0v) is 12.4. The third kappa shape index (κ3) is 3.06. The molecule has 0 bridgehead atoms. The number of esters is 1. The Morgan fingerprint density at radius 3 is 2.70 bits per heavy atom. The van der Waals surface area contributed by atoms with Gasteiger partial charge < -0.3 is 15.8 Å². The zero-order chi connectivity index (χ0) is 14.6. The van der Waals surface area contributed by atoms with Crippen molar-refractivity contribution in [2.75, 3.05) is 24.2 Å². The molecule has 2 rings (SSSR count). The van der Waals surface area contributed by atoms with Crippen molar-refractivity contribution in [1.29, 1.82) is 0 Å². The van der Waals surface area contributed by atoms with E-state index in [4.69, 9.17) is 10.5 Å². The molecule has 0 unspecified atom stereocenters. The minimum absolute atomic E-state index is 0.318. The Hall–Kier alpha value is -1.71. The lowest BCUT2D eigenvalue weighted by atomic mass is 9.67. The van der Waals surface area contributed by atoms with Gasteiger partial charge in [-0.2, -0.15) is 0 Å². The maximum absolute atomic E-state index is 12.0. The molecule has 0 atom stereocenters. The minimum Gasteiger partial charge on any atom is -0.462 e. The highest BCUT2D eigenvalue weighted by Gasteiger charge is 2.34. The van der Waals surface area contributed by atoms with Gasteiger partial charge in [-0.25, -0.2) is 4.79 Å². The molecule has 0 amide bonds. The Morgan fingerprint density at radius 1 is 1.40 bits per heavy atom. The lowest BCUT2D eigenvalue weighted by Gasteiger charge is -2.41. The lowest BCUT2D eigenvalue weighted by Crippen LogP contribution is -2.36. The Kier molecular flexibility index (Phi) is 4.53. The molecular formula is C16H24N2O2. The number of nitrogens with one attached hydrogen (secondary N) is 1. The fraction of sp³-hybridized carbons (Fsp3) is 0.562. The number of benzene rings is 1. The van der Waals surface area contributed by atoms with Crippen molar-refractivity contribution < 1.29 is 9.53 Å². The number of carbonyl (C=O) groups excluding carboxylic acids is 1. The van der Waals surface area contributed by atoms with Crippen LogP contribution in [-0.4, -0.2) is 19.1 Å². The summed E-state index contributed by atoms with van der Waals surface area (Å²) in [5.74, 6) is -0.318. The van der Waals surface area contributed by atoms with E-state index < -0.39 is 0 Å². The van der Waals surface area contributed by atoms with Crippen LogP contribution in [-0.2, 0) is 4.74 Å². The number of nitrogen functional groups attached to an aromatic ring is 1. The van der Waals surface area contributed by atoms with Gasteiger partial charge in [0.25, 0.3) is 0 Å². The summed E-state index contributed by atoms with van der Waals surface area (Å²) >= 11 is 0. The van der Waals surface area contributed by atoms with Crippen LogP contribution >= 0.6 is 0 Å². The van der Waals surface area contributed by atoms with Crippen LogP contribution < -0.4 is 11.1 Å². The maximum Gasteiger partial charge on any atom is 0.340 e. The Balaban J connectivity index is 2.12. The van der Waals surface area contributed by atoms with Crippen LogP contribution in [0.5, 0.6) is 0 Å². The SMILES string of the molecule is CCOC(=O)c1cc(N)ccc1NCC1(CC)CCC1. The highest BCUT2D eigenvalue weighted by molar-refractivity contribution is 5.96. The first-order valence-electron chi connectivity index (χ1n) is 7.41. The fourth-order valence-corrected chi connectivity index (χ4v) is 2.71. The van der Waals surface area contributed by atoms with Crippen LogP contribution in [0.15, 0.2) is 18.2 Å². The van der Waals surface area contributed by atoms with Crippen molar-refractivity contribution in [3.05, 3.63) is 23.8 Å². The van der Waals surface area contributed by atoms with E-state index in [2.05, 4.69) is 12.2 Å². The second-order valence-corrected chi connectivity index (χ2v) is 5.59. The van der Waals surface area contributed by atoms with Gasteiger partial charge in [0.1, 0.15) is 0 Å². The van der Waals surface area contributed by atoms with Crippen molar-refractivity contribution in [1.82, 2.24) is 0 Å². The van der Waals surface area contributed by atoms with E-state index in [0.29, 0.717) is 23.3 Å². The summed E-state index contributed by atoms with van der Waals surface area (Å²) in [5.41, 5.74) is 8.09. The van der Waals surface area contributed by atoms with Gasteiger partial charge in [-0.3, -0.25) is 0 Å². The number of ether oxygens (including phenoxy) is 1. The van der Waals surface area contributed by atoms with Crippen LogP contribution in [0.2, 0.25) is 0 Å². The molecule has 1 aliphatic carbocycles. The highest BCUT2D eigenvalue weighted by Crippen LogP contribution is 2.43. The van der Waals surface area contributed by atoms with Crippen LogP contribution in [0.25, 0.3) is 0 Å². The highest BCUT2D eigenvalue weighted by atomic mass is 16.5. The van der Waals surface area contributed by atoms with Crippen molar-refractivity contribution in [3.63, 3.8) is 0 Å². The number of hydrogen-bond acceptors (Lipinski definition) is 4. The van der Waals surface area contributed by atoms with Crippen molar-refractivity contribution >= 4 is 17.3 Å². The first-order chi connectivity index (χ1) is 9.60. The lowest BCUT2D eigenvalue weighted by molar-refractivity contribution is 0.0527. The molecule has 1 aromatic carbocycles. The summed E-state index contributed by atoms with van der Waals surface area (Å²) < 4.78 is 5.09. The van der Waals surface area contributed by atoms with Crippen LogP contribution in [0.4, 0.5) is 11.4 Å². The third-order valence-electron chi connectivity index (χ3n) is 4.36. The maximum atomic E-state index is 12.0. The predicted octanol–water partition coefficient (Wildman–Crippen LogP) is 3.44. The molecule has 4 nitrogen and oxygen atoms in total. The monoisotopic (exact) mass is 276 g/mol. The summed E-state index contributed by atoms with van der Waals surface area (Å²) in [7, 11) is 0. The van der Waals surface area contributed by atoms with E-state index in [0.717, 1.165) is 12.2 Å². The van der Waals surface area contributed by atoms with Crippen molar-refractivity contribution in [2.24, 2.45) is 5.41 Å². The molecule has 4 heteroatoms. The van der Waals surface area contributed by atoms with E-state index in [-0.39, 0.29) is 5.97 Å². The van der Waals surface area contributed by atoms with Gasteiger partial charge in [0.05, 0.1) is 12.2 Å². The summed E-state index contributed by atoms with van der Waals surface area (Å²) in [5, 5.41) is 3.42. The number of hydrogen-bond donors (Lipinski definition) is 2. The van der Waals surface area contributed by atoms with Crippen molar-refractivity contribution in [2.45, 2.75) is 39.5 Å². The summed E-state index contributed by atoms with van der Waals surface area (Å²) in [6.07, 6.45) is 5.01. The molecule has 3 N–H and O–H groups in total. The molecule has 0 aliphatic heterocycles. The molecule has 1 saturated carbocycles. The van der Waals surface area contributed by atoms with Gasteiger partial charge >= 0.3 is 5.97 Å². The molecule has 1 aliphatic rings. The van der Waals surface area contributed by atoms with E-state index in [1.165, 1.54) is 25.7 Å². The van der Waals surface area contributed by atoms with E-state index in [1.807, 2.05) is 12.1 Å². The molecule has 110 valence electrons. The predicted molar refractivity (Wildman–Crippen MR) is 81.9 cm³/mol. The standard InChI is InChI=1S/C16H24N2O2/c1-3-16(8-5-9-16)11-18-14-7-6-12(17)10-13(14)15(19)20-4-2/h6-7,10,18H,3-5,8-9,11,17H2,1-2H3. The quantitative estimate of drug-likeness (QED) is 0.617. The molecule has 20 heavy (non-hydrogen) atoms. The second kappa shape index (κ2) is 6.16. The average Bonchev–Trinajstić information content (AvgIpc) is 2.39. The Labute approximate surface area is 120 Å². The zero-order valence-electron chi connectivity index (χ0n) is 12.4. The molecule has 1 fully saturated rings. The molecule has 0 saturated heterocycles. The molecule has 0 heterocycles. The first kappa shape index (κ1) is 14.7. The van der Waals surface area contributed by atoms with Crippen LogP contribution in [0.1, 0.15) is 49.9 Å². The van der Waals surface area contributed by atoms with Gasteiger partial charge in [0, 0.05) is 17.9 Å². The van der Waals surface area contributed by atoms with E-state index in [9.17, 15) is 4.79 Å². The number of carbonyl (C=O) groups is 1. The summed E-state index contributed by atoms with van der Waals surface area (Å²) in [4.78, 5) is 12.0. The van der Waals surface area contributed by atoms with Gasteiger partial charge in [-0.05, 0) is 49.8 Å². The minimum atomic E-state index is -0.318. The second-order valence-electron chi connectivity index (χ2n) is 5.59. The summed E-state index contributed by atoms with van der Waals surface area (Å²) in [6.45, 7) is 5.31. The Morgan fingerprint density at radius 2 is 2.15 bits per heavy atom. The normalized spacial score (nSPS) is 16.3. The Bertz CT molecular complexity index is 476. The summed E-state index contributed by atoms with van der Waals surface area (Å²) in [6, 6.07) is 5.35. The van der Waals surface area contributed by atoms with Gasteiger partial charge in [0.15, 0.2) is 0 Å². The molecule has 0 aromatic heterocycles. The number of rotatable bonds is 6. The van der Waals surface area contributed by atoms with Gasteiger partial charge in [-0.1, -0.05) is 13.3 Å². The molecular weight excluding hydrogens is 252 g/mol. The van der Waals surface area contributed by atoms with Gasteiger partial charge in [0.2, 0.25) is 0 Å². The largest absolute Gasteiger partial charge is 0.462 e. The topological polar surface area (TPSA) is 64.3 Å². The molecule has 0 radical (unpaired) electrons. The number of nitrogens with two attached hydrogens (primary N) is 1. The average molecular weight is 276 g/mol.